The summed E-state index contributed by atoms with van der Waals surface area (Å²) in [5.74, 6) is -0.298. The Kier molecular flexibility index (Phi) is 3.45. The van der Waals surface area contributed by atoms with Crippen LogP contribution in [-0.4, -0.2) is 36.5 Å². The second kappa shape index (κ2) is 5.86. The Morgan fingerprint density at radius 1 is 1.24 bits per heavy atom. The number of halogens is 1. The highest BCUT2D eigenvalue weighted by atomic mass is 19.1. The third kappa shape index (κ3) is 2.60. The third-order valence-corrected chi connectivity index (χ3v) is 6.57. The highest BCUT2D eigenvalue weighted by Crippen LogP contribution is 2.45. The number of aryl methyl sites for hydroxylation is 2. The highest BCUT2D eigenvalue weighted by molar-refractivity contribution is 5.85. The highest BCUT2D eigenvalue weighted by Gasteiger charge is 2.46. The fourth-order valence-electron chi connectivity index (χ4n) is 4.83. The number of nitrogens with zero attached hydrogens (tertiary/aromatic N) is 5. The molecule has 6 nitrogen and oxygen atoms in total. The van der Waals surface area contributed by atoms with Gasteiger partial charge in [-0.25, -0.2) is 13.9 Å². The first-order valence-electron chi connectivity index (χ1n) is 10.3. The molecule has 1 saturated heterocycles. The summed E-state index contributed by atoms with van der Waals surface area (Å²) in [6.45, 7) is 4.95. The molecule has 1 spiro atoms. The van der Waals surface area contributed by atoms with E-state index in [0.717, 1.165) is 52.9 Å². The normalized spacial score (nSPS) is 20.7. The predicted octanol–water partition coefficient (Wildman–Crippen LogP) is 3.96. The minimum Gasteiger partial charge on any atom is -0.311 e. The van der Waals surface area contributed by atoms with Crippen LogP contribution in [0.5, 0.6) is 0 Å². The maximum Gasteiger partial charge on any atom is 0.157 e. The Morgan fingerprint density at radius 3 is 2.93 bits per heavy atom. The van der Waals surface area contributed by atoms with Crippen LogP contribution in [0.4, 0.5) is 4.39 Å². The van der Waals surface area contributed by atoms with Crippen LogP contribution in [0.25, 0.3) is 27.8 Å². The van der Waals surface area contributed by atoms with Crippen molar-refractivity contribution in [3.8, 4) is 11.3 Å². The van der Waals surface area contributed by atoms with Gasteiger partial charge in [0.1, 0.15) is 5.52 Å². The lowest BCUT2D eigenvalue weighted by Crippen LogP contribution is -2.40. The second-order valence-corrected chi connectivity index (χ2v) is 8.65. The van der Waals surface area contributed by atoms with Gasteiger partial charge in [-0.1, -0.05) is 0 Å². The predicted molar refractivity (Wildman–Crippen MR) is 109 cm³/mol. The number of hydrogen-bond acceptors (Lipinski definition) is 4. The Bertz CT molecular complexity index is 1270. The van der Waals surface area contributed by atoms with Crippen molar-refractivity contribution in [1.29, 1.82) is 0 Å². The lowest BCUT2D eigenvalue weighted by Gasteiger charge is -2.30. The van der Waals surface area contributed by atoms with E-state index in [1.807, 2.05) is 36.9 Å². The summed E-state index contributed by atoms with van der Waals surface area (Å²) in [4.78, 5) is 4.65. The van der Waals surface area contributed by atoms with Crippen LogP contribution in [0.15, 0.2) is 30.6 Å². The molecule has 0 radical (unpaired) electrons. The molecular weight excluding hydrogens is 367 g/mol. The summed E-state index contributed by atoms with van der Waals surface area (Å²) in [7, 11) is 0. The molecule has 1 aliphatic heterocycles. The number of imidazole rings is 1. The van der Waals surface area contributed by atoms with Crippen molar-refractivity contribution in [2.24, 2.45) is 0 Å². The van der Waals surface area contributed by atoms with E-state index in [2.05, 4.69) is 20.5 Å². The molecule has 7 heteroatoms. The van der Waals surface area contributed by atoms with E-state index in [1.54, 1.807) is 16.8 Å². The van der Waals surface area contributed by atoms with Crippen molar-refractivity contribution in [3.63, 3.8) is 0 Å². The van der Waals surface area contributed by atoms with Crippen LogP contribution < -0.4 is 5.32 Å². The largest absolute Gasteiger partial charge is 0.311 e. The van der Waals surface area contributed by atoms with E-state index in [1.165, 1.54) is 12.8 Å². The first-order valence-corrected chi connectivity index (χ1v) is 10.3. The molecule has 1 atom stereocenters. The third-order valence-electron chi connectivity index (χ3n) is 6.57. The fourth-order valence-corrected chi connectivity index (χ4v) is 4.83. The van der Waals surface area contributed by atoms with Gasteiger partial charge in [-0.3, -0.25) is 4.68 Å². The summed E-state index contributed by atoms with van der Waals surface area (Å²) >= 11 is 0. The maximum absolute atomic E-state index is 15.1. The Balaban J connectivity index is 1.47. The molecule has 0 amide bonds. The number of piperidine rings is 1. The van der Waals surface area contributed by atoms with E-state index >= 15 is 4.39 Å². The van der Waals surface area contributed by atoms with Crippen molar-refractivity contribution in [2.45, 2.75) is 51.1 Å². The van der Waals surface area contributed by atoms with E-state index < -0.39 is 0 Å². The summed E-state index contributed by atoms with van der Waals surface area (Å²) in [5.41, 5.74) is 5.05. The van der Waals surface area contributed by atoms with E-state index in [9.17, 15) is 0 Å². The van der Waals surface area contributed by atoms with Gasteiger partial charge in [0.25, 0.3) is 0 Å². The van der Waals surface area contributed by atoms with Crippen LogP contribution >= 0.6 is 0 Å². The average molecular weight is 390 g/mol. The van der Waals surface area contributed by atoms with Crippen LogP contribution in [-0.2, 0) is 0 Å². The number of aromatic nitrogens is 5. The molecule has 0 bridgehead atoms. The second-order valence-electron chi connectivity index (χ2n) is 8.65. The van der Waals surface area contributed by atoms with Gasteiger partial charge in [-0.15, -0.1) is 0 Å². The summed E-state index contributed by atoms with van der Waals surface area (Å²) in [6.07, 6.45) is 8.34. The number of hydrogen-bond donors (Lipinski definition) is 1. The SMILES string of the molecule is Cc1nc2c(C)ccnn2c1-c1cc(F)c2nn([C@H]3CCNC4(CC4)C3)cc2c1. The molecule has 148 valence electrons. The molecule has 3 aromatic heterocycles. The smallest absolute Gasteiger partial charge is 0.157 e. The van der Waals surface area contributed by atoms with E-state index in [0.29, 0.717) is 17.1 Å². The minimum atomic E-state index is -0.298. The lowest BCUT2D eigenvalue weighted by atomic mass is 9.98. The molecule has 1 N–H and O–H groups in total. The Labute approximate surface area is 167 Å². The number of fused-ring (bicyclic) bond motifs is 2. The summed E-state index contributed by atoms with van der Waals surface area (Å²) < 4.78 is 18.8. The van der Waals surface area contributed by atoms with Crippen LogP contribution in [0.3, 0.4) is 0 Å². The molecule has 2 fully saturated rings. The molecule has 2 aliphatic rings. The minimum absolute atomic E-state index is 0.298. The van der Waals surface area contributed by atoms with Gasteiger partial charge in [-0.2, -0.15) is 10.2 Å². The van der Waals surface area contributed by atoms with Gasteiger partial charge < -0.3 is 5.32 Å². The molecule has 1 aliphatic carbocycles. The summed E-state index contributed by atoms with van der Waals surface area (Å²) in [5, 5.41) is 13.5. The van der Waals surface area contributed by atoms with Crippen molar-refractivity contribution in [1.82, 2.24) is 29.7 Å². The number of nitrogens with one attached hydrogen (secondary N) is 1. The fraction of sp³-hybridized carbons (Fsp3) is 0.409. The zero-order valence-electron chi connectivity index (χ0n) is 16.6. The molecule has 29 heavy (non-hydrogen) atoms. The topological polar surface area (TPSA) is 60.0 Å². The van der Waals surface area contributed by atoms with Crippen molar-refractivity contribution >= 4 is 16.6 Å². The quantitative estimate of drug-likeness (QED) is 0.563. The monoisotopic (exact) mass is 390 g/mol. The van der Waals surface area contributed by atoms with Gasteiger partial charge in [0.05, 0.1) is 17.4 Å². The Morgan fingerprint density at radius 2 is 2.10 bits per heavy atom. The van der Waals surface area contributed by atoms with Gasteiger partial charge in [0, 0.05) is 28.9 Å². The van der Waals surface area contributed by atoms with Gasteiger partial charge in [-0.05, 0) is 69.8 Å². The summed E-state index contributed by atoms with van der Waals surface area (Å²) in [6, 6.07) is 5.84. The lowest BCUT2D eigenvalue weighted by molar-refractivity contribution is 0.271. The molecule has 4 heterocycles. The van der Waals surface area contributed by atoms with Gasteiger partial charge in [0.2, 0.25) is 0 Å². The first-order chi connectivity index (χ1) is 14.0. The molecule has 6 rings (SSSR count). The molecule has 4 aromatic rings. The van der Waals surface area contributed by atoms with Crippen LogP contribution in [0.1, 0.15) is 43.0 Å². The molecule has 1 saturated carbocycles. The van der Waals surface area contributed by atoms with Crippen LogP contribution in [0.2, 0.25) is 0 Å². The maximum atomic E-state index is 15.1. The first kappa shape index (κ1) is 17.1. The van der Waals surface area contributed by atoms with E-state index in [-0.39, 0.29) is 5.82 Å². The molecule has 0 unspecified atom stereocenters. The van der Waals surface area contributed by atoms with Gasteiger partial charge >= 0.3 is 0 Å². The zero-order chi connectivity index (χ0) is 19.8. The zero-order valence-corrected chi connectivity index (χ0v) is 16.6. The molecule has 1 aromatic carbocycles. The van der Waals surface area contributed by atoms with Crippen LogP contribution in [0, 0.1) is 19.7 Å². The molecular formula is C22H23FN6. The van der Waals surface area contributed by atoms with Crippen molar-refractivity contribution in [2.75, 3.05) is 6.54 Å². The van der Waals surface area contributed by atoms with Gasteiger partial charge in [0.15, 0.2) is 11.5 Å². The standard InChI is InChI=1S/C22H23FN6/c1-13-3-8-25-29-20(14(2)26-21(13)29)15-9-16-12-28(27-19(16)18(23)10-15)17-4-7-24-22(11-17)5-6-22/h3,8-10,12,17,24H,4-7,11H2,1-2H3/t17-/m0/s1. The van der Waals surface area contributed by atoms with Crippen molar-refractivity contribution < 1.29 is 4.39 Å². The van der Waals surface area contributed by atoms with E-state index in [4.69, 9.17) is 0 Å². The number of rotatable bonds is 2. The Hall–Kier alpha value is -2.80. The van der Waals surface area contributed by atoms with Crippen molar-refractivity contribution in [3.05, 3.63) is 47.7 Å². The average Bonchev–Trinajstić information content (AvgIpc) is 3.13. The number of benzene rings is 1.